The van der Waals surface area contributed by atoms with Crippen molar-refractivity contribution in [1.29, 1.82) is 0 Å². The molecular weight excluding hydrogens is 240 g/mol. The maximum absolute atomic E-state index is 11.7. The standard InChI is InChI=1S/C15H20N2O2/c1-15(2,3)19-14(18)17-10-13(11-17)16-9-12-7-5-4-6-8-12/h4-8H,9-11H2,1-3H3. The maximum atomic E-state index is 11.7. The van der Waals surface area contributed by atoms with E-state index in [4.69, 9.17) is 4.74 Å². The van der Waals surface area contributed by atoms with Crippen LogP contribution in [0.5, 0.6) is 0 Å². The van der Waals surface area contributed by atoms with Gasteiger partial charge < -0.3 is 4.74 Å². The van der Waals surface area contributed by atoms with Crippen LogP contribution < -0.4 is 0 Å². The van der Waals surface area contributed by atoms with Crippen LogP contribution in [0, 0.1) is 0 Å². The van der Waals surface area contributed by atoms with Crippen LogP contribution in [-0.2, 0) is 11.3 Å². The quantitative estimate of drug-likeness (QED) is 0.820. The summed E-state index contributed by atoms with van der Waals surface area (Å²) in [5, 5.41) is 0. The average molecular weight is 260 g/mol. The Hall–Kier alpha value is -1.84. The van der Waals surface area contributed by atoms with Crippen molar-refractivity contribution in [2.24, 2.45) is 4.99 Å². The number of rotatable bonds is 2. The molecule has 19 heavy (non-hydrogen) atoms. The Bertz CT molecular complexity index is 467. The summed E-state index contributed by atoms with van der Waals surface area (Å²) in [7, 11) is 0. The summed E-state index contributed by atoms with van der Waals surface area (Å²) in [5.41, 5.74) is 1.80. The highest BCUT2D eigenvalue weighted by Gasteiger charge is 2.30. The van der Waals surface area contributed by atoms with Crippen LogP contribution in [-0.4, -0.2) is 35.4 Å². The number of carbonyl (C=O) groups is 1. The molecule has 1 heterocycles. The van der Waals surface area contributed by atoms with Crippen molar-refractivity contribution in [3.05, 3.63) is 35.9 Å². The van der Waals surface area contributed by atoms with Gasteiger partial charge in [0.25, 0.3) is 0 Å². The number of aliphatic imine (C=N–C) groups is 1. The highest BCUT2D eigenvalue weighted by Crippen LogP contribution is 2.14. The van der Waals surface area contributed by atoms with Crippen molar-refractivity contribution in [1.82, 2.24) is 4.90 Å². The van der Waals surface area contributed by atoms with Crippen molar-refractivity contribution in [2.75, 3.05) is 13.1 Å². The number of likely N-dealkylation sites (tertiary alicyclic amines) is 1. The molecule has 0 aliphatic carbocycles. The first-order valence-electron chi connectivity index (χ1n) is 6.48. The van der Waals surface area contributed by atoms with Crippen molar-refractivity contribution in [2.45, 2.75) is 32.9 Å². The second-order valence-corrected chi connectivity index (χ2v) is 5.70. The Morgan fingerprint density at radius 3 is 2.47 bits per heavy atom. The Balaban J connectivity index is 1.78. The number of ether oxygens (including phenoxy) is 1. The molecule has 1 aromatic carbocycles. The summed E-state index contributed by atoms with van der Waals surface area (Å²) >= 11 is 0. The molecule has 4 nitrogen and oxygen atoms in total. The smallest absolute Gasteiger partial charge is 0.410 e. The Morgan fingerprint density at radius 2 is 1.89 bits per heavy atom. The zero-order valence-corrected chi connectivity index (χ0v) is 11.7. The minimum Gasteiger partial charge on any atom is -0.444 e. The molecule has 4 heteroatoms. The van der Waals surface area contributed by atoms with Gasteiger partial charge in [0.1, 0.15) is 5.60 Å². The molecule has 1 amide bonds. The molecular formula is C15H20N2O2. The van der Waals surface area contributed by atoms with Crippen molar-refractivity contribution in [3.63, 3.8) is 0 Å². The Kier molecular flexibility index (Phi) is 3.88. The van der Waals surface area contributed by atoms with E-state index in [0.717, 1.165) is 5.71 Å². The van der Waals surface area contributed by atoms with E-state index >= 15 is 0 Å². The molecule has 102 valence electrons. The predicted octanol–water partition coefficient (Wildman–Crippen LogP) is 2.88. The third kappa shape index (κ3) is 4.09. The zero-order chi connectivity index (χ0) is 13.9. The number of carbonyl (C=O) groups excluding carboxylic acids is 1. The van der Waals surface area contributed by atoms with E-state index in [0.29, 0.717) is 19.6 Å². The SMILES string of the molecule is CC(C)(C)OC(=O)N1CC(=NCc2ccccc2)C1. The van der Waals surface area contributed by atoms with Crippen LogP contribution in [0.15, 0.2) is 35.3 Å². The molecule has 1 saturated heterocycles. The van der Waals surface area contributed by atoms with Gasteiger partial charge in [0.2, 0.25) is 0 Å². The fourth-order valence-electron chi connectivity index (χ4n) is 1.74. The van der Waals surface area contributed by atoms with E-state index < -0.39 is 5.60 Å². The normalized spacial score (nSPS) is 14.9. The monoisotopic (exact) mass is 260 g/mol. The Labute approximate surface area is 114 Å². The zero-order valence-electron chi connectivity index (χ0n) is 11.7. The summed E-state index contributed by atoms with van der Waals surface area (Å²) in [6, 6.07) is 10.1. The van der Waals surface area contributed by atoms with Gasteiger partial charge in [-0.25, -0.2) is 4.79 Å². The average Bonchev–Trinajstić information content (AvgIpc) is 2.25. The van der Waals surface area contributed by atoms with Crippen LogP contribution in [0.2, 0.25) is 0 Å². The molecule has 1 fully saturated rings. The first-order valence-corrected chi connectivity index (χ1v) is 6.48. The van der Waals surface area contributed by atoms with Gasteiger partial charge >= 0.3 is 6.09 Å². The van der Waals surface area contributed by atoms with Crippen molar-refractivity contribution in [3.8, 4) is 0 Å². The summed E-state index contributed by atoms with van der Waals surface area (Å²) in [4.78, 5) is 17.9. The third-order valence-corrected chi connectivity index (χ3v) is 2.73. The maximum Gasteiger partial charge on any atom is 0.410 e. The minimum absolute atomic E-state index is 0.258. The fourth-order valence-corrected chi connectivity index (χ4v) is 1.74. The second-order valence-electron chi connectivity index (χ2n) is 5.70. The van der Waals surface area contributed by atoms with Crippen molar-refractivity contribution < 1.29 is 9.53 Å². The van der Waals surface area contributed by atoms with Crippen LogP contribution in [0.4, 0.5) is 4.79 Å². The highest BCUT2D eigenvalue weighted by atomic mass is 16.6. The Morgan fingerprint density at radius 1 is 1.26 bits per heavy atom. The summed E-state index contributed by atoms with van der Waals surface area (Å²) in [6.07, 6.45) is -0.258. The van der Waals surface area contributed by atoms with Crippen LogP contribution in [0.3, 0.4) is 0 Å². The lowest BCUT2D eigenvalue weighted by Crippen LogP contribution is -2.52. The molecule has 0 N–H and O–H groups in total. The van der Waals surface area contributed by atoms with E-state index in [1.54, 1.807) is 4.90 Å². The fraction of sp³-hybridized carbons (Fsp3) is 0.467. The molecule has 0 aromatic heterocycles. The predicted molar refractivity (Wildman–Crippen MR) is 75.4 cm³/mol. The van der Waals surface area contributed by atoms with Gasteiger partial charge in [-0.3, -0.25) is 9.89 Å². The van der Waals surface area contributed by atoms with E-state index in [-0.39, 0.29) is 6.09 Å². The van der Waals surface area contributed by atoms with E-state index in [1.165, 1.54) is 5.56 Å². The lowest BCUT2D eigenvalue weighted by atomic mass is 10.1. The summed E-state index contributed by atoms with van der Waals surface area (Å²) < 4.78 is 5.28. The van der Waals surface area contributed by atoms with Gasteiger partial charge in [-0.05, 0) is 26.3 Å². The van der Waals surface area contributed by atoms with Gasteiger partial charge in [-0.2, -0.15) is 0 Å². The van der Waals surface area contributed by atoms with Gasteiger partial charge in [0.15, 0.2) is 0 Å². The van der Waals surface area contributed by atoms with Crippen molar-refractivity contribution >= 4 is 11.8 Å². The number of benzene rings is 1. The number of hydrogen-bond acceptors (Lipinski definition) is 3. The van der Waals surface area contributed by atoms with Gasteiger partial charge in [-0.15, -0.1) is 0 Å². The largest absolute Gasteiger partial charge is 0.444 e. The van der Waals surface area contributed by atoms with Crippen LogP contribution in [0.1, 0.15) is 26.3 Å². The van der Waals surface area contributed by atoms with Gasteiger partial charge in [0.05, 0.1) is 25.3 Å². The number of amides is 1. The molecule has 1 aromatic rings. The second kappa shape index (κ2) is 5.43. The van der Waals surface area contributed by atoms with E-state index in [1.807, 2.05) is 51.1 Å². The molecule has 0 unspecified atom stereocenters. The molecule has 0 radical (unpaired) electrons. The molecule has 1 aliphatic rings. The third-order valence-electron chi connectivity index (χ3n) is 2.73. The molecule has 0 saturated carbocycles. The summed E-state index contributed by atoms with van der Waals surface area (Å²) in [5.74, 6) is 0. The number of hydrogen-bond donors (Lipinski definition) is 0. The molecule has 0 atom stereocenters. The topological polar surface area (TPSA) is 41.9 Å². The van der Waals surface area contributed by atoms with Crippen LogP contribution >= 0.6 is 0 Å². The van der Waals surface area contributed by atoms with Crippen LogP contribution in [0.25, 0.3) is 0 Å². The first kappa shape index (κ1) is 13.6. The van der Waals surface area contributed by atoms with Gasteiger partial charge in [-0.1, -0.05) is 30.3 Å². The van der Waals surface area contributed by atoms with Gasteiger partial charge in [0, 0.05) is 0 Å². The molecule has 2 rings (SSSR count). The lowest BCUT2D eigenvalue weighted by Gasteiger charge is -2.34. The molecule has 0 spiro atoms. The summed E-state index contributed by atoms with van der Waals surface area (Å²) in [6.45, 7) is 7.46. The highest BCUT2D eigenvalue weighted by molar-refractivity contribution is 5.98. The number of nitrogens with zero attached hydrogens (tertiary/aromatic N) is 2. The molecule has 0 bridgehead atoms. The molecule has 1 aliphatic heterocycles. The lowest BCUT2D eigenvalue weighted by molar-refractivity contribution is 0.0264. The minimum atomic E-state index is -0.436. The van der Waals surface area contributed by atoms with E-state index in [9.17, 15) is 4.79 Å². The van der Waals surface area contributed by atoms with E-state index in [2.05, 4.69) is 4.99 Å². The first-order chi connectivity index (χ1) is 8.94.